The molecular formula is C36H35F7N4O6. The maximum absolute atomic E-state index is 15.2. The quantitative estimate of drug-likeness (QED) is 0.133. The average molecular weight is 753 g/mol. The normalized spacial score (nSPS) is 16.6. The van der Waals surface area contributed by atoms with Gasteiger partial charge in [-0.05, 0) is 55.6 Å². The monoisotopic (exact) mass is 752 g/mol. The van der Waals surface area contributed by atoms with E-state index in [1.807, 2.05) is 4.90 Å². The Labute approximate surface area is 297 Å². The van der Waals surface area contributed by atoms with Gasteiger partial charge in [-0.3, -0.25) is 23.6 Å². The number of hydrogen-bond donors (Lipinski definition) is 2. The highest BCUT2D eigenvalue weighted by atomic mass is 19.4. The van der Waals surface area contributed by atoms with Gasteiger partial charge >= 0.3 is 24.0 Å². The molecule has 0 amide bonds. The second-order valence-corrected chi connectivity index (χ2v) is 13.1. The molecule has 2 aliphatic rings. The number of benzene rings is 2. The first-order valence-corrected chi connectivity index (χ1v) is 16.8. The van der Waals surface area contributed by atoms with Crippen molar-refractivity contribution in [2.75, 3.05) is 19.6 Å². The van der Waals surface area contributed by atoms with Crippen molar-refractivity contribution in [3.05, 3.63) is 127 Å². The number of nitrogens with zero attached hydrogens (tertiary/aromatic N) is 3. The summed E-state index contributed by atoms with van der Waals surface area (Å²) in [6.07, 6.45) is -9.26. The van der Waals surface area contributed by atoms with Crippen LogP contribution in [0.3, 0.4) is 0 Å². The van der Waals surface area contributed by atoms with Gasteiger partial charge < -0.3 is 19.6 Å². The smallest absolute Gasteiger partial charge is 0.449 e. The van der Waals surface area contributed by atoms with Crippen molar-refractivity contribution in [2.45, 2.75) is 75.9 Å². The summed E-state index contributed by atoms with van der Waals surface area (Å²) >= 11 is 0. The van der Waals surface area contributed by atoms with Crippen molar-refractivity contribution in [3.8, 4) is 0 Å². The van der Waals surface area contributed by atoms with Crippen LogP contribution < -0.4 is 16.6 Å². The van der Waals surface area contributed by atoms with Crippen molar-refractivity contribution in [2.24, 2.45) is 0 Å². The van der Waals surface area contributed by atoms with E-state index in [2.05, 4.69) is 5.32 Å². The second kappa shape index (κ2) is 14.9. The summed E-state index contributed by atoms with van der Waals surface area (Å²) in [5, 5.41) is 12.3. The number of likely N-dealkylation sites (tertiary alicyclic amines) is 1. The number of alkyl halides is 6. The zero-order chi connectivity index (χ0) is 38.1. The average Bonchev–Trinajstić information content (AvgIpc) is 3.73. The highest BCUT2D eigenvalue weighted by Gasteiger charge is 2.47. The lowest BCUT2D eigenvalue weighted by Crippen LogP contribution is -2.50. The first kappa shape index (κ1) is 38.0. The summed E-state index contributed by atoms with van der Waals surface area (Å²) in [5.41, 5.74) is -4.44. The fraction of sp³-hybridized carbons (Fsp3) is 0.417. The van der Waals surface area contributed by atoms with Crippen molar-refractivity contribution < 1.29 is 49.8 Å². The third-order valence-electron chi connectivity index (χ3n) is 9.73. The molecule has 2 N–H and O–H groups in total. The zero-order valence-corrected chi connectivity index (χ0v) is 28.1. The van der Waals surface area contributed by atoms with E-state index >= 15 is 4.39 Å². The van der Waals surface area contributed by atoms with Crippen LogP contribution in [-0.4, -0.2) is 44.7 Å². The number of fused-ring (bicyclic) bond motifs is 2. The summed E-state index contributed by atoms with van der Waals surface area (Å²) in [7, 11) is 0. The fourth-order valence-electron chi connectivity index (χ4n) is 7.07. The highest BCUT2D eigenvalue weighted by molar-refractivity contribution is 5.66. The first-order chi connectivity index (χ1) is 25.1. The number of halogens is 7. The molecular weight excluding hydrogens is 717 g/mol. The fourth-order valence-corrected chi connectivity index (χ4v) is 7.07. The number of aromatic nitrogens is 2. The van der Waals surface area contributed by atoms with Crippen molar-refractivity contribution >= 4 is 5.97 Å². The van der Waals surface area contributed by atoms with E-state index in [4.69, 9.17) is 14.3 Å². The van der Waals surface area contributed by atoms with Gasteiger partial charge in [-0.1, -0.05) is 36.4 Å². The van der Waals surface area contributed by atoms with Crippen LogP contribution in [0.2, 0.25) is 0 Å². The maximum Gasteiger partial charge on any atom is 0.449 e. The molecule has 0 radical (unpaired) electrons. The van der Waals surface area contributed by atoms with Crippen LogP contribution in [0.25, 0.3) is 0 Å². The summed E-state index contributed by atoms with van der Waals surface area (Å²) in [6, 6.07) is 12.5. The molecule has 10 nitrogen and oxygen atoms in total. The Balaban J connectivity index is 1.40. The molecule has 1 atom stereocenters. The maximum atomic E-state index is 15.2. The Morgan fingerprint density at radius 3 is 2.26 bits per heavy atom. The largest absolute Gasteiger partial charge is 0.481 e. The number of hydrogen-bond acceptors (Lipinski definition) is 7. The molecule has 0 bridgehead atoms. The molecule has 4 heterocycles. The number of carboxylic acids is 1. The van der Waals surface area contributed by atoms with Gasteiger partial charge in [-0.2, -0.15) is 26.3 Å². The first-order valence-electron chi connectivity index (χ1n) is 16.8. The Hall–Kier alpha value is -4.74. The van der Waals surface area contributed by atoms with Crippen molar-refractivity contribution in [1.29, 1.82) is 0 Å². The Morgan fingerprint density at radius 2 is 1.62 bits per heavy atom. The van der Waals surface area contributed by atoms with Gasteiger partial charge in [0.2, 0.25) is 5.76 Å². The van der Waals surface area contributed by atoms with Gasteiger partial charge in [0.05, 0.1) is 49.1 Å². The van der Waals surface area contributed by atoms with Crippen LogP contribution in [0, 0.1) is 5.82 Å². The van der Waals surface area contributed by atoms with E-state index < -0.39 is 70.5 Å². The van der Waals surface area contributed by atoms with Crippen LogP contribution in [0.1, 0.15) is 71.2 Å². The number of aliphatic carboxylic acids is 1. The summed E-state index contributed by atoms with van der Waals surface area (Å²) in [6.45, 7) is -0.842. The van der Waals surface area contributed by atoms with Crippen LogP contribution in [0.5, 0.6) is 0 Å². The lowest BCUT2D eigenvalue weighted by Gasteiger charge is -2.38. The molecule has 0 aliphatic carbocycles. The Kier molecular flexibility index (Phi) is 10.7. The number of furan rings is 1. The Morgan fingerprint density at radius 1 is 0.906 bits per heavy atom. The van der Waals surface area contributed by atoms with Gasteiger partial charge in [0.1, 0.15) is 17.2 Å². The van der Waals surface area contributed by atoms with Crippen LogP contribution in [0.15, 0.2) is 74.7 Å². The molecule has 53 heavy (non-hydrogen) atoms. The second-order valence-electron chi connectivity index (χ2n) is 13.1. The van der Waals surface area contributed by atoms with Gasteiger partial charge in [-0.15, -0.1) is 0 Å². The molecule has 284 valence electrons. The highest BCUT2D eigenvalue weighted by Crippen LogP contribution is 2.43. The lowest BCUT2D eigenvalue weighted by atomic mass is 9.85. The van der Waals surface area contributed by atoms with Gasteiger partial charge in [0, 0.05) is 25.1 Å². The molecule has 1 fully saturated rings. The molecule has 6 rings (SSSR count). The number of ether oxygens (including phenoxy) is 1. The number of carbonyl (C=O) groups is 1. The van der Waals surface area contributed by atoms with E-state index in [9.17, 15) is 40.7 Å². The third kappa shape index (κ3) is 8.11. The SMILES string of the molecule is O=C(O)CCCN[C@H](Cn1c(=O)c2c(n(Cc3c(F)cccc3C(F)(F)F)c1=O)COC21CCN(Cc2ccc(C(F)(F)F)o2)CC1)c1ccccc1. The van der Waals surface area contributed by atoms with Crippen LogP contribution in [-0.2, 0) is 53.7 Å². The number of rotatable bonds is 12. The number of carboxylic acid groups (broad SMARTS) is 1. The summed E-state index contributed by atoms with van der Waals surface area (Å²) < 4.78 is 110. The molecule has 4 aromatic rings. The minimum atomic E-state index is -4.96. The standard InChI is InChI=1S/C36H35F7N4O6/c37-26-9-4-8-25(35(38,39)40)24(26)19-46-28-21-52-34(13-16-45(17-14-34)18-23-11-12-29(53-23)36(41,42)43)31(28)32(50)47(33(46)51)20-27(22-6-2-1-3-7-22)44-15-5-10-30(48)49/h1-4,6-9,11-12,27,44H,5,10,13-21H2,(H,48,49)/t27-/m1/s1. The van der Waals surface area contributed by atoms with E-state index in [1.54, 1.807) is 30.3 Å². The molecule has 0 saturated carbocycles. The van der Waals surface area contributed by atoms with Crippen LogP contribution >= 0.6 is 0 Å². The summed E-state index contributed by atoms with van der Waals surface area (Å²) in [5.74, 6) is -3.28. The molecule has 0 unspecified atom stereocenters. The third-order valence-corrected chi connectivity index (χ3v) is 9.73. The Bertz CT molecular complexity index is 2070. The number of piperidine rings is 1. The van der Waals surface area contributed by atoms with Crippen LogP contribution in [0.4, 0.5) is 30.7 Å². The van der Waals surface area contributed by atoms with E-state index in [-0.39, 0.29) is 82.0 Å². The molecule has 1 spiro atoms. The van der Waals surface area contributed by atoms with E-state index in [0.717, 1.165) is 27.3 Å². The minimum absolute atomic E-state index is 0.00705. The molecule has 1 saturated heterocycles. The molecule has 2 aromatic heterocycles. The van der Waals surface area contributed by atoms with Gasteiger partial charge in [-0.25, -0.2) is 9.18 Å². The van der Waals surface area contributed by atoms with E-state index in [1.165, 1.54) is 6.07 Å². The summed E-state index contributed by atoms with van der Waals surface area (Å²) in [4.78, 5) is 41.7. The zero-order valence-electron chi connectivity index (χ0n) is 28.1. The minimum Gasteiger partial charge on any atom is -0.481 e. The molecule has 2 aliphatic heterocycles. The van der Waals surface area contributed by atoms with E-state index in [0.29, 0.717) is 11.6 Å². The molecule has 2 aromatic carbocycles. The predicted octanol–water partition coefficient (Wildman–Crippen LogP) is 6.05. The molecule has 17 heteroatoms. The number of nitrogens with one attached hydrogen (secondary N) is 1. The van der Waals surface area contributed by atoms with Gasteiger partial charge in [0.25, 0.3) is 5.56 Å². The topological polar surface area (TPSA) is 119 Å². The lowest BCUT2D eigenvalue weighted by molar-refractivity contribution is -0.153. The van der Waals surface area contributed by atoms with Crippen molar-refractivity contribution in [1.82, 2.24) is 19.4 Å². The van der Waals surface area contributed by atoms with Gasteiger partial charge in [0.15, 0.2) is 0 Å². The van der Waals surface area contributed by atoms with Crippen molar-refractivity contribution in [3.63, 3.8) is 0 Å². The predicted molar refractivity (Wildman–Crippen MR) is 174 cm³/mol.